The predicted molar refractivity (Wildman–Crippen MR) is 114 cm³/mol. The maximum absolute atomic E-state index is 12.6. The van der Waals surface area contributed by atoms with E-state index >= 15 is 0 Å². The van der Waals surface area contributed by atoms with Gasteiger partial charge in [0.15, 0.2) is 5.11 Å². The van der Waals surface area contributed by atoms with E-state index in [4.69, 9.17) is 12.2 Å². The number of aryl methyl sites for hydroxylation is 2. The van der Waals surface area contributed by atoms with Crippen LogP contribution in [0.25, 0.3) is 10.9 Å². The molecule has 3 N–H and O–H groups in total. The van der Waals surface area contributed by atoms with Crippen molar-refractivity contribution in [3.8, 4) is 0 Å². The largest absolute Gasteiger partial charge is 0.395 e. The number of hydrogen-bond acceptors (Lipinski definition) is 3. The topological polar surface area (TPSA) is 68.4 Å². The number of nitrogens with zero attached hydrogens (tertiary/aromatic N) is 1. The minimum atomic E-state index is -0.0976. The molecule has 1 saturated carbocycles. The molecule has 0 amide bonds. The first kappa shape index (κ1) is 19.8. The molecule has 0 aliphatic heterocycles. The molecule has 1 fully saturated rings. The Kier molecular flexibility index (Phi) is 6.50. The van der Waals surface area contributed by atoms with Crippen molar-refractivity contribution < 1.29 is 5.11 Å². The van der Waals surface area contributed by atoms with Crippen LogP contribution in [0.15, 0.2) is 23.0 Å². The first-order chi connectivity index (χ1) is 13.0. The number of benzene rings is 1. The molecule has 27 heavy (non-hydrogen) atoms. The first-order valence-electron chi connectivity index (χ1n) is 9.78. The Hall–Kier alpha value is -1.92. The van der Waals surface area contributed by atoms with Crippen LogP contribution in [-0.4, -0.2) is 39.3 Å². The number of aromatic amines is 1. The number of pyridine rings is 1. The third-order valence-corrected chi connectivity index (χ3v) is 5.96. The van der Waals surface area contributed by atoms with Gasteiger partial charge in [0.2, 0.25) is 0 Å². The SMILES string of the molecule is Cc1ccc2cc(CN(CCO)C(=S)NC3CCCCC3)c(=O)[nH]c2c1C. The number of aliphatic hydroxyl groups is 1. The molecule has 0 unspecified atom stereocenters. The summed E-state index contributed by atoms with van der Waals surface area (Å²) in [6.45, 7) is 4.85. The van der Waals surface area contributed by atoms with E-state index < -0.39 is 0 Å². The molecule has 2 aromatic rings. The van der Waals surface area contributed by atoms with Crippen molar-refractivity contribution in [2.45, 2.75) is 58.5 Å². The van der Waals surface area contributed by atoms with Gasteiger partial charge < -0.3 is 20.3 Å². The summed E-state index contributed by atoms with van der Waals surface area (Å²) < 4.78 is 0. The molecule has 0 spiro atoms. The molecule has 146 valence electrons. The van der Waals surface area contributed by atoms with E-state index in [-0.39, 0.29) is 12.2 Å². The number of aromatic nitrogens is 1. The number of rotatable bonds is 5. The third-order valence-electron chi connectivity index (χ3n) is 5.58. The van der Waals surface area contributed by atoms with Crippen LogP contribution >= 0.6 is 12.2 Å². The Bertz CT molecular complexity index is 872. The molecule has 1 aliphatic carbocycles. The van der Waals surface area contributed by atoms with Crippen LogP contribution in [0.5, 0.6) is 0 Å². The van der Waals surface area contributed by atoms with Gasteiger partial charge in [-0.2, -0.15) is 0 Å². The zero-order valence-corrected chi connectivity index (χ0v) is 17.0. The van der Waals surface area contributed by atoms with Crippen molar-refractivity contribution >= 4 is 28.2 Å². The van der Waals surface area contributed by atoms with Gasteiger partial charge >= 0.3 is 0 Å². The van der Waals surface area contributed by atoms with E-state index in [0.29, 0.717) is 29.8 Å². The highest BCUT2D eigenvalue weighted by molar-refractivity contribution is 7.80. The molecule has 1 aromatic carbocycles. The van der Waals surface area contributed by atoms with Gasteiger partial charge in [0.25, 0.3) is 5.56 Å². The minimum absolute atomic E-state index is 0.00369. The van der Waals surface area contributed by atoms with Gasteiger partial charge in [-0.05, 0) is 61.5 Å². The summed E-state index contributed by atoms with van der Waals surface area (Å²) in [5.41, 5.74) is 3.70. The number of thiocarbonyl (C=S) groups is 1. The average molecular weight is 388 g/mol. The van der Waals surface area contributed by atoms with E-state index in [9.17, 15) is 9.90 Å². The van der Waals surface area contributed by atoms with Crippen molar-refractivity contribution in [2.75, 3.05) is 13.2 Å². The zero-order valence-electron chi connectivity index (χ0n) is 16.2. The van der Waals surface area contributed by atoms with Crippen LogP contribution in [0.4, 0.5) is 0 Å². The van der Waals surface area contributed by atoms with Gasteiger partial charge in [-0.3, -0.25) is 4.79 Å². The quantitative estimate of drug-likeness (QED) is 0.688. The fourth-order valence-corrected chi connectivity index (χ4v) is 4.10. The number of H-pyrrole nitrogens is 1. The van der Waals surface area contributed by atoms with Crippen LogP contribution in [0.2, 0.25) is 0 Å². The highest BCUT2D eigenvalue weighted by Gasteiger charge is 2.18. The average Bonchev–Trinajstić information content (AvgIpc) is 2.66. The molecule has 0 bridgehead atoms. The summed E-state index contributed by atoms with van der Waals surface area (Å²) in [5, 5.41) is 14.5. The lowest BCUT2D eigenvalue weighted by molar-refractivity contribution is 0.243. The maximum atomic E-state index is 12.6. The summed E-state index contributed by atoms with van der Waals surface area (Å²) in [5.74, 6) is 0. The Morgan fingerprint density at radius 1 is 1.30 bits per heavy atom. The molecule has 0 radical (unpaired) electrons. The van der Waals surface area contributed by atoms with Gasteiger partial charge in [0, 0.05) is 18.2 Å². The molecule has 6 heteroatoms. The summed E-state index contributed by atoms with van der Waals surface area (Å²) in [7, 11) is 0. The van der Waals surface area contributed by atoms with Crippen LogP contribution in [0, 0.1) is 13.8 Å². The lowest BCUT2D eigenvalue weighted by atomic mass is 9.96. The van der Waals surface area contributed by atoms with E-state index in [1.54, 1.807) is 0 Å². The van der Waals surface area contributed by atoms with Crippen molar-refractivity contribution in [1.29, 1.82) is 0 Å². The number of fused-ring (bicyclic) bond motifs is 1. The summed E-state index contributed by atoms with van der Waals surface area (Å²) in [6.07, 6.45) is 5.99. The van der Waals surface area contributed by atoms with Crippen molar-refractivity contribution in [3.05, 3.63) is 45.2 Å². The molecule has 3 rings (SSSR count). The van der Waals surface area contributed by atoms with Gasteiger partial charge in [-0.1, -0.05) is 31.4 Å². The molecule has 1 aromatic heterocycles. The standard InChI is InChI=1S/C21H29N3O2S/c1-14-8-9-16-12-17(20(26)23-19(16)15(14)2)13-24(10-11-25)21(27)22-18-6-4-3-5-7-18/h8-9,12,18,25H,3-7,10-11,13H2,1-2H3,(H,22,27)(H,23,26). The lowest BCUT2D eigenvalue weighted by Gasteiger charge is -2.30. The first-order valence-corrected chi connectivity index (χ1v) is 10.2. The van der Waals surface area contributed by atoms with E-state index in [2.05, 4.69) is 16.4 Å². The summed E-state index contributed by atoms with van der Waals surface area (Å²) in [6, 6.07) is 6.44. The monoisotopic (exact) mass is 387 g/mol. The predicted octanol–water partition coefficient (Wildman–Crippen LogP) is 3.15. The normalized spacial score (nSPS) is 15.1. The van der Waals surface area contributed by atoms with Crippen LogP contribution < -0.4 is 10.9 Å². The molecular weight excluding hydrogens is 358 g/mol. The summed E-state index contributed by atoms with van der Waals surface area (Å²) >= 11 is 5.59. The molecule has 0 saturated heterocycles. The summed E-state index contributed by atoms with van der Waals surface area (Å²) in [4.78, 5) is 17.6. The van der Waals surface area contributed by atoms with E-state index in [1.807, 2.05) is 30.9 Å². The van der Waals surface area contributed by atoms with Gasteiger partial charge in [0.05, 0.1) is 18.7 Å². The second-order valence-corrected chi connectivity index (χ2v) is 7.91. The second-order valence-electron chi connectivity index (χ2n) is 7.52. The van der Waals surface area contributed by atoms with Crippen LogP contribution in [0.3, 0.4) is 0 Å². The smallest absolute Gasteiger partial charge is 0.253 e. The molecular formula is C21H29N3O2S. The van der Waals surface area contributed by atoms with Gasteiger partial charge in [-0.25, -0.2) is 0 Å². The lowest BCUT2D eigenvalue weighted by Crippen LogP contribution is -2.46. The van der Waals surface area contributed by atoms with Crippen LogP contribution in [0.1, 0.15) is 48.8 Å². The second kappa shape index (κ2) is 8.85. The van der Waals surface area contributed by atoms with Gasteiger partial charge in [-0.15, -0.1) is 0 Å². The zero-order chi connectivity index (χ0) is 19.4. The van der Waals surface area contributed by atoms with Crippen LogP contribution in [-0.2, 0) is 6.54 Å². The number of nitrogens with one attached hydrogen (secondary N) is 2. The van der Waals surface area contributed by atoms with Crippen molar-refractivity contribution in [2.24, 2.45) is 0 Å². The molecule has 1 aliphatic rings. The highest BCUT2D eigenvalue weighted by atomic mass is 32.1. The Morgan fingerprint density at radius 2 is 2.04 bits per heavy atom. The fraction of sp³-hybridized carbons (Fsp3) is 0.524. The molecule has 0 atom stereocenters. The van der Waals surface area contributed by atoms with Crippen molar-refractivity contribution in [1.82, 2.24) is 15.2 Å². The third kappa shape index (κ3) is 4.68. The Balaban J connectivity index is 1.81. The number of aliphatic hydroxyl groups excluding tert-OH is 1. The highest BCUT2D eigenvalue weighted by Crippen LogP contribution is 2.20. The maximum Gasteiger partial charge on any atom is 0.253 e. The van der Waals surface area contributed by atoms with E-state index in [1.165, 1.54) is 19.3 Å². The Labute approximate surface area is 165 Å². The minimum Gasteiger partial charge on any atom is -0.395 e. The molecule has 1 heterocycles. The van der Waals surface area contributed by atoms with E-state index in [0.717, 1.165) is 34.9 Å². The fourth-order valence-electron chi connectivity index (χ4n) is 3.78. The number of hydrogen-bond donors (Lipinski definition) is 3. The molecule has 5 nitrogen and oxygen atoms in total. The van der Waals surface area contributed by atoms with Crippen molar-refractivity contribution in [3.63, 3.8) is 0 Å². The van der Waals surface area contributed by atoms with Gasteiger partial charge in [0.1, 0.15) is 0 Å². The Morgan fingerprint density at radius 3 is 2.74 bits per heavy atom.